The topological polar surface area (TPSA) is 101 Å². The van der Waals surface area contributed by atoms with Crippen molar-refractivity contribution >= 4 is 27.3 Å². The number of sulfone groups is 1. The lowest BCUT2D eigenvalue weighted by atomic mass is 10.1. The molecule has 9 heteroatoms. The molecule has 2 saturated heterocycles. The van der Waals surface area contributed by atoms with Gasteiger partial charge < -0.3 is 20.4 Å². The molecule has 8 nitrogen and oxygen atoms in total. The maximum absolute atomic E-state index is 12.6. The number of quaternary nitrogens is 2. The van der Waals surface area contributed by atoms with E-state index in [0.29, 0.717) is 29.3 Å². The molecule has 158 valence electrons. The zero-order chi connectivity index (χ0) is 20.4. The fraction of sp³-hybridized carbons (Fsp3) is 0.600. The second-order valence-corrected chi connectivity index (χ2v) is 10.8. The van der Waals surface area contributed by atoms with Crippen LogP contribution in [0.15, 0.2) is 24.3 Å². The Balaban J connectivity index is 1.27. The van der Waals surface area contributed by atoms with Crippen molar-refractivity contribution in [3.63, 3.8) is 0 Å². The van der Waals surface area contributed by atoms with Crippen LogP contribution in [0.2, 0.25) is 0 Å². The number of hydrogen-bond acceptors (Lipinski definition) is 4. The summed E-state index contributed by atoms with van der Waals surface area (Å²) in [4.78, 5) is 27.5. The predicted molar refractivity (Wildman–Crippen MR) is 109 cm³/mol. The summed E-state index contributed by atoms with van der Waals surface area (Å²) in [5.74, 6) is 0.379. The summed E-state index contributed by atoms with van der Waals surface area (Å²) in [6.45, 7) is 3.84. The Hall–Kier alpha value is -1.97. The smallest absolute Gasteiger partial charge is 0.279 e. The number of nitrogens with one attached hydrogen (secondary N) is 4. The standard InChI is InChI=1S/C20H28N4O4S/c25-19(22-18-4-2-1-3-17(18)20(26)21-15-5-6-15)13-23-8-10-24(11-9-23)16-7-12-29(27,28)14-16/h1-4,15-16H,5-14H2,(H,21,26)(H,22,25)/p+2/t16-/m0/s1. The first kappa shape index (κ1) is 20.3. The Labute approximate surface area is 171 Å². The highest BCUT2D eigenvalue weighted by molar-refractivity contribution is 7.91. The zero-order valence-corrected chi connectivity index (χ0v) is 17.4. The van der Waals surface area contributed by atoms with E-state index in [2.05, 4.69) is 10.6 Å². The van der Waals surface area contributed by atoms with Crippen molar-refractivity contribution in [3.05, 3.63) is 29.8 Å². The van der Waals surface area contributed by atoms with Gasteiger partial charge in [-0.05, 0) is 25.0 Å². The minimum atomic E-state index is -2.85. The van der Waals surface area contributed by atoms with Gasteiger partial charge in [0.05, 0.1) is 17.0 Å². The molecule has 0 aromatic heterocycles. The summed E-state index contributed by atoms with van der Waals surface area (Å²) < 4.78 is 23.4. The Morgan fingerprint density at radius 3 is 2.41 bits per heavy atom. The fourth-order valence-electron chi connectivity index (χ4n) is 4.33. The SMILES string of the molecule is O=C(C[NH+]1CC[NH+]([C@H]2CCS(=O)(=O)C2)CC1)Nc1ccccc1C(=O)NC1CC1. The van der Waals surface area contributed by atoms with Crippen molar-refractivity contribution in [2.24, 2.45) is 0 Å². The van der Waals surface area contributed by atoms with Crippen LogP contribution in [-0.2, 0) is 14.6 Å². The van der Waals surface area contributed by atoms with Gasteiger partial charge in [-0.1, -0.05) is 12.1 Å². The lowest BCUT2D eigenvalue weighted by molar-refractivity contribution is -1.02. The number of rotatable bonds is 6. The average molecular weight is 423 g/mol. The first-order valence-corrected chi connectivity index (χ1v) is 12.3. The molecule has 2 aliphatic heterocycles. The van der Waals surface area contributed by atoms with Crippen LogP contribution in [0.4, 0.5) is 5.69 Å². The zero-order valence-electron chi connectivity index (χ0n) is 16.6. The summed E-state index contributed by atoms with van der Waals surface area (Å²) in [5.41, 5.74) is 1.05. The van der Waals surface area contributed by atoms with E-state index >= 15 is 0 Å². The normalized spacial score (nSPS) is 28.6. The molecular formula is C20H30N4O4S+2. The van der Waals surface area contributed by atoms with E-state index in [1.807, 2.05) is 6.07 Å². The van der Waals surface area contributed by atoms with Crippen molar-refractivity contribution < 1.29 is 27.8 Å². The van der Waals surface area contributed by atoms with Crippen LogP contribution in [0.5, 0.6) is 0 Å². The maximum Gasteiger partial charge on any atom is 0.279 e. The van der Waals surface area contributed by atoms with E-state index < -0.39 is 9.84 Å². The van der Waals surface area contributed by atoms with Crippen molar-refractivity contribution in [2.45, 2.75) is 31.3 Å². The number of carbonyl (C=O) groups is 2. The van der Waals surface area contributed by atoms with Crippen LogP contribution in [0.25, 0.3) is 0 Å². The highest BCUT2D eigenvalue weighted by Gasteiger charge is 2.38. The van der Waals surface area contributed by atoms with E-state index in [-0.39, 0.29) is 23.9 Å². The number of hydrogen-bond donors (Lipinski definition) is 4. The van der Waals surface area contributed by atoms with Crippen molar-refractivity contribution in [1.82, 2.24) is 5.32 Å². The minimum Gasteiger partial charge on any atom is -0.349 e. The highest BCUT2D eigenvalue weighted by Crippen LogP contribution is 2.21. The van der Waals surface area contributed by atoms with Crippen LogP contribution in [0, 0.1) is 0 Å². The number of carbonyl (C=O) groups excluding carboxylic acids is 2. The second kappa shape index (κ2) is 8.41. The van der Waals surface area contributed by atoms with Gasteiger partial charge in [-0.25, -0.2) is 8.42 Å². The van der Waals surface area contributed by atoms with E-state index in [9.17, 15) is 18.0 Å². The molecule has 29 heavy (non-hydrogen) atoms. The van der Waals surface area contributed by atoms with Gasteiger partial charge in [0, 0.05) is 12.5 Å². The summed E-state index contributed by atoms with van der Waals surface area (Å²) in [5, 5.41) is 5.86. The molecule has 3 aliphatic rings. The van der Waals surface area contributed by atoms with Crippen molar-refractivity contribution in [2.75, 3.05) is 49.5 Å². The largest absolute Gasteiger partial charge is 0.349 e. The van der Waals surface area contributed by atoms with Gasteiger partial charge >= 0.3 is 0 Å². The van der Waals surface area contributed by atoms with Gasteiger partial charge in [0.25, 0.3) is 11.8 Å². The molecule has 1 aromatic carbocycles. The molecule has 0 bridgehead atoms. The fourth-order valence-corrected chi connectivity index (χ4v) is 6.15. The quantitative estimate of drug-likeness (QED) is 0.407. The molecule has 0 unspecified atom stereocenters. The molecule has 3 fully saturated rings. The van der Waals surface area contributed by atoms with E-state index in [0.717, 1.165) is 45.4 Å². The lowest BCUT2D eigenvalue weighted by Crippen LogP contribution is -3.30. The third-order valence-electron chi connectivity index (χ3n) is 6.18. The number of benzene rings is 1. The molecule has 4 rings (SSSR count). The van der Waals surface area contributed by atoms with Crippen molar-refractivity contribution in [1.29, 1.82) is 0 Å². The molecule has 2 amide bonds. The first-order chi connectivity index (χ1) is 13.9. The number of amides is 2. The molecule has 0 spiro atoms. The third kappa shape index (κ3) is 5.34. The summed E-state index contributed by atoms with van der Waals surface area (Å²) in [6.07, 6.45) is 2.79. The summed E-state index contributed by atoms with van der Waals surface area (Å²) >= 11 is 0. The van der Waals surface area contributed by atoms with Gasteiger partial charge in [-0.3, -0.25) is 9.59 Å². The minimum absolute atomic E-state index is 0.0985. The van der Waals surface area contributed by atoms with Crippen LogP contribution in [0.1, 0.15) is 29.6 Å². The average Bonchev–Trinajstić information content (AvgIpc) is 3.42. The van der Waals surface area contributed by atoms with Gasteiger partial charge in [0.1, 0.15) is 38.0 Å². The molecule has 4 N–H and O–H groups in total. The Morgan fingerprint density at radius 2 is 1.76 bits per heavy atom. The second-order valence-electron chi connectivity index (χ2n) is 8.53. The van der Waals surface area contributed by atoms with Crippen molar-refractivity contribution in [3.8, 4) is 0 Å². The lowest BCUT2D eigenvalue weighted by Gasteiger charge is -2.32. The van der Waals surface area contributed by atoms with Gasteiger partial charge in [0.2, 0.25) is 0 Å². The molecule has 2 heterocycles. The van der Waals surface area contributed by atoms with Crippen LogP contribution in [-0.4, -0.2) is 76.5 Å². The molecule has 1 atom stereocenters. The molecular weight excluding hydrogens is 392 g/mol. The van der Waals surface area contributed by atoms with Gasteiger partial charge in [0.15, 0.2) is 16.4 Å². The summed E-state index contributed by atoms with van der Waals surface area (Å²) in [7, 11) is -2.85. The predicted octanol–water partition coefficient (Wildman–Crippen LogP) is -2.51. The number of para-hydroxylation sites is 1. The Bertz CT molecular complexity index is 876. The molecule has 0 radical (unpaired) electrons. The Morgan fingerprint density at radius 1 is 1.03 bits per heavy atom. The summed E-state index contributed by atoms with van der Waals surface area (Å²) in [6, 6.07) is 7.59. The van der Waals surface area contributed by atoms with E-state index in [1.54, 1.807) is 18.2 Å². The number of piperazine rings is 1. The third-order valence-corrected chi connectivity index (χ3v) is 7.95. The highest BCUT2D eigenvalue weighted by atomic mass is 32.2. The maximum atomic E-state index is 12.6. The molecule has 1 aromatic rings. The van der Waals surface area contributed by atoms with E-state index in [1.165, 1.54) is 9.80 Å². The molecule has 1 aliphatic carbocycles. The van der Waals surface area contributed by atoms with Crippen LogP contribution >= 0.6 is 0 Å². The monoisotopic (exact) mass is 422 g/mol. The van der Waals surface area contributed by atoms with E-state index in [4.69, 9.17) is 0 Å². The molecule has 1 saturated carbocycles. The number of anilines is 1. The van der Waals surface area contributed by atoms with Gasteiger partial charge in [-0.15, -0.1) is 0 Å². The van der Waals surface area contributed by atoms with Gasteiger partial charge in [-0.2, -0.15) is 0 Å². The van der Waals surface area contributed by atoms with Crippen LogP contribution < -0.4 is 20.4 Å². The first-order valence-electron chi connectivity index (χ1n) is 10.5. The van der Waals surface area contributed by atoms with Crippen LogP contribution in [0.3, 0.4) is 0 Å². The Kier molecular flexibility index (Phi) is 5.89.